The molecule has 0 radical (unpaired) electrons. The number of rotatable bonds is 5. The summed E-state index contributed by atoms with van der Waals surface area (Å²) >= 11 is 0. The minimum Gasteiger partial charge on any atom is -0.497 e. The number of methoxy groups -OCH3 is 1. The van der Waals surface area contributed by atoms with Crippen molar-refractivity contribution in [1.29, 1.82) is 0 Å². The van der Waals surface area contributed by atoms with E-state index in [1.54, 1.807) is 7.11 Å². The molecule has 0 spiro atoms. The van der Waals surface area contributed by atoms with Crippen molar-refractivity contribution in [3.05, 3.63) is 71.3 Å². The van der Waals surface area contributed by atoms with Crippen LogP contribution in [-0.2, 0) is 11.3 Å². The molecular formula is C22H26N2O2. The van der Waals surface area contributed by atoms with Crippen molar-refractivity contribution >= 4 is 12.0 Å². The number of nitrogens with zero attached hydrogens (tertiary/aromatic N) is 2. The van der Waals surface area contributed by atoms with Crippen molar-refractivity contribution in [1.82, 2.24) is 9.80 Å². The number of carbonyl (C=O) groups excluding carboxylic acids is 1. The standard InChI is InChI=1S/C22H26N2O2/c1-18(15-20-9-6-10-21(16-20)26-2)22(25)24-13-11-23(12-14-24)17-19-7-4-3-5-8-19/h3-10,15-16H,11-14,17H2,1-2H3/b18-15+. The number of hydrogen-bond donors (Lipinski definition) is 0. The van der Waals surface area contributed by atoms with Gasteiger partial charge in [0.05, 0.1) is 7.11 Å². The van der Waals surface area contributed by atoms with Gasteiger partial charge in [-0.1, -0.05) is 42.5 Å². The molecule has 0 atom stereocenters. The monoisotopic (exact) mass is 350 g/mol. The summed E-state index contributed by atoms with van der Waals surface area (Å²) in [5.41, 5.74) is 3.06. The highest BCUT2D eigenvalue weighted by atomic mass is 16.5. The molecule has 0 unspecified atom stereocenters. The van der Waals surface area contributed by atoms with Crippen LogP contribution in [0.15, 0.2) is 60.2 Å². The summed E-state index contributed by atoms with van der Waals surface area (Å²) < 4.78 is 5.24. The lowest BCUT2D eigenvalue weighted by atomic mass is 10.1. The van der Waals surface area contributed by atoms with Gasteiger partial charge in [-0.3, -0.25) is 9.69 Å². The van der Waals surface area contributed by atoms with Crippen LogP contribution < -0.4 is 4.74 Å². The smallest absolute Gasteiger partial charge is 0.249 e. The Morgan fingerprint density at radius 2 is 1.77 bits per heavy atom. The third-order valence-electron chi connectivity index (χ3n) is 4.72. The molecule has 136 valence electrons. The molecule has 4 nitrogen and oxygen atoms in total. The fourth-order valence-electron chi connectivity index (χ4n) is 3.24. The Morgan fingerprint density at radius 1 is 1.04 bits per heavy atom. The van der Waals surface area contributed by atoms with E-state index in [4.69, 9.17) is 4.74 Å². The van der Waals surface area contributed by atoms with E-state index >= 15 is 0 Å². The van der Waals surface area contributed by atoms with Gasteiger partial charge >= 0.3 is 0 Å². The molecule has 1 aliphatic rings. The summed E-state index contributed by atoms with van der Waals surface area (Å²) in [6, 6.07) is 18.2. The zero-order valence-electron chi connectivity index (χ0n) is 15.5. The topological polar surface area (TPSA) is 32.8 Å². The van der Waals surface area contributed by atoms with Gasteiger partial charge in [0.1, 0.15) is 5.75 Å². The van der Waals surface area contributed by atoms with Crippen LogP contribution in [0.5, 0.6) is 5.75 Å². The lowest BCUT2D eigenvalue weighted by Crippen LogP contribution is -2.48. The molecule has 4 heteroatoms. The minimum absolute atomic E-state index is 0.118. The van der Waals surface area contributed by atoms with Crippen LogP contribution in [0.25, 0.3) is 6.08 Å². The second-order valence-electron chi connectivity index (χ2n) is 6.66. The fraction of sp³-hybridized carbons (Fsp3) is 0.318. The van der Waals surface area contributed by atoms with Gasteiger partial charge in [-0.2, -0.15) is 0 Å². The molecular weight excluding hydrogens is 324 g/mol. The molecule has 0 N–H and O–H groups in total. The SMILES string of the molecule is COc1cccc(/C=C(\C)C(=O)N2CCN(Cc3ccccc3)CC2)c1. The first kappa shape index (κ1) is 18.2. The van der Waals surface area contributed by atoms with Crippen molar-refractivity contribution in [2.24, 2.45) is 0 Å². The van der Waals surface area contributed by atoms with Crippen LogP contribution in [-0.4, -0.2) is 49.0 Å². The first-order valence-electron chi connectivity index (χ1n) is 9.03. The molecule has 0 bridgehead atoms. The Hall–Kier alpha value is -2.59. The molecule has 26 heavy (non-hydrogen) atoms. The van der Waals surface area contributed by atoms with Gasteiger partial charge in [-0.15, -0.1) is 0 Å². The van der Waals surface area contributed by atoms with Crippen molar-refractivity contribution in [2.75, 3.05) is 33.3 Å². The van der Waals surface area contributed by atoms with Crippen LogP contribution in [0.3, 0.4) is 0 Å². The van der Waals surface area contributed by atoms with Gasteiger partial charge in [0.2, 0.25) is 5.91 Å². The summed E-state index contributed by atoms with van der Waals surface area (Å²) in [7, 11) is 1.65. The van der Waals surface area contributed by atoms with E-state index in [0.29, 0.717) is 0 Å². The molecule has 2 aromatic rings. The van der Waals surface area contributed by atoms with Gasteiger partial charge in [0, 0.05) is 38.3 Å². The van der Waals surface area contributed by atoms with Gasteiger partial charge in [-0.25, -0.2) is 0 Å². The number of carbonyl (C=O) groups is 1. The molecule has 2 aromatic carbocycles. The second kappa shape index (κ2) is 8.68. The Balaban J connectivity index is 1.56. The Labute approximate surface area is 155 Å². The maximum Gasteiger partial charge on any atom is 0.249 e. The van der Waals surface area contributed by atoms with Crippen LogP contribution in [0.4, 0.5) is 0 Å². The summed E-state index contributed by atoms with van der Waals surface area (Å²) in [5, 5.41) is 0. The number of piperazine rings is 1. The predicted octanol–water partition coefficient (Wildman–Crippen LogP) is 3.44. The predicted molar refractivity (Wildman–Crippen MR) is 105 cm³/mol. The third kappa shape index (κ3) is 4.73. The summed E-state index contributed by atoms with van der Waals surface area (Å²) in [6.45, 7) is 6.20. The zero-order valence-corrected chi connectivity index (χ0v) is 15.5. The van der Waals surface area contributed by atoms with Gasteiger partial charge < -0.3 is 9.64 Å². The largest absolute Gasteiger partial charge is 0.497 e. The molecule has 1 heterocycles. The molecule has 1 aliphatic heterocycles. The molecule has 1 saturated heterocycles. The van der Waals surface area contributed by atoms with E-state index in [1.165, 1.54) is 5.56 Å². The minimum atomic E-state index is 0.118. The van der Waals surface area contributed by atoms with E-state index in [2.05, 4.69) is 29.2 Å². The number of amides is 1. The van der Waals surface area contributed by atoms with E-state index in [9.17, 15) is 4.79 Å². The summed E-state index contributed by atoms with van der Waals surface area (Å²) in [4.78, 5) is 17.1. The highest BCUT2D eigenvalue weighted by Crippen LogP contribution is 2.17. The lowest BCUT2D eigenvalue weighted by Gasteiger charge is -2.35. The van der Waals surface area contributed by atoms with Gasteiger partial charge in [-0.05, 0) is 36.3 Å². The molecule has 1 amide bonds. The van der Waals surface area contributed by atoms with Crippen LogP contribution >= 0.6 is 0 Å². The van der Waals surface area contributed by atoms with Crippen LogP contribution in [0, 0.1) is 0 Å². The van der Waals surface area contributed by atoms with Crippen LogP contribution in [0.2, 0.25) is 0 Å². The summed E-state index contributed by atoms with van der Waals surface area (Å²) in [6.07, 6.45) is 1.93. The molecule has 3 rings (SSSR count). The highest BCUT2D eigenvalue weighted by molar-refractivity contribution is 5.97. The van der Waals surface area contributed by atoms with Crippen molar-refractivity contribution in [3.63, 3.8) is 0 Å². The van der Waals surface area contributed by atoms with E-state index in [-0.39, 0.29) is 5.91 Å². The van der Waals surface area contributed by atoms with E-state index < -0.39 is 0 Å². The second-order valence-corrected chi connectivity index (χ2v) is 6.66. The van der Waals surface area contributed by atoms with Crippen molar-refractivity contribution < 1.29 is 9.53 Å². The number of hydrogen-bond acceptors (Lipinski definition) is 3. The first-order valence-corrected chi connectivity index (χ1v) is 9.03. The Bertz CT molecular complexity index is 763. The van der Waals surface area contributed by atoms with E-state index in [0.717, 1.165) is 49.6 Å². The average molecular weight is 350 g/mol. The zero-order chi connectivity index (χ0) is 18.4. The van der Waals surface area contributed by atoms with Gasteiger partial charge in [0.25, 0.3) is 0 Å². The summed E-state index contributed by atoms with van der Waals surface area (Å²) in [5.74, 6) is 0.917. The molecule has 0 aromatic heterocycles. The van der Waals surface area contributed by atoms with E-state index in [1.807, 2.05) is 48.2 Å². The van der Waals surface area contributed by atoms with Crippen molar-refractivity contribution in [3.8, 4) is 5.75 Å². The first-order chi connectivity index (χ1) is 12.7. The number of benzene rings is 2. The average Bonchev–Trinajstić information content (AvgIpc) is 2.69. The maximum atomic E-state index is 12.7. The lowest BCUT2D eigenvalue weighted by molar-refractivity contribution is -0.128. The quantitative estimate of drug-likeness (QED) is 0.775. The molecule has 1 fully saturated rings. The van der Waals surface area contributed by atoms with Crippen molar-refractivity contribution in [2.45, 2.75) is 13.5 Å². The normalized spacial score (nSPS) is 15.8. The van der Waals surface area contributed by atoms with Gasteiger partial charge in [0.15, 0.2) is 0 Å². The fourth-order valence-corrected chi connectivity index (χ4v) is 3.24. The Kier molecular flexibility index (Phi) is 6.08. The maximum absolute atomic E-state index is 12.7. The molecule has 0 saturated carbocycles. The number of ether oxygens (including phenoxy) is 1. The highest BCUT2D eigenvalue weighted by Gasteiger charge is 2.21. The Morgan fingerprint density at radius 3 is 2.46 bits per heavy atom. The third-order valence-corrected chi connectivity index (χ3v) is 4.72. The van der Waals surface area contributed by atoms with Crippen LogP contribution in [0.1, 0.15) is 18.1 Å². The molecule has 0 aliphatic carbocycles.